The van der Waals surface area contributed by atoms with Crippen LogP contribution in [0.4, 0.5) is 22.0 Å². The summed E-state index contributed by atoms with van der Waals surface area (Å²) in [6.45, 7) is 4.15. The molecule has 3 aromatic rings. The molecule has 0 radical (unpaired) electrons. The lowest BCUT2D eigenvalue weighted by Crippen LogP contribution is -2.26. The molecule has 0 saturated heterocycles. The summed E-state index contributed by atoms with van der Waals surface area (Å²) in [5.41, 5.74) is 2.53. The van der Waals surface area contributed by atoms with Gasteiger partial charge in [-0.25, -0.2) is 13.8 Å². The number of alkyl halides is 5. The number of carbonyl (C=O) groups is 2. The number of amides is 2. The Bertz CT molecular complexity index is 1240. The predicted molar refractivity (Wildman–Crippen MR) is 135 cm³/mol. The van der Waals surface area contributed by atoms with Crippen LogP contribution in [0.5, 0.6) is 0 Å². The molecule has 0 unspecified atom stereocenters. The topological polar surface area (TPSA) is 105 Å². The van der Waals surface area contributed by atoms with Gasteiger partial charge in [-0.05, 0) is 50.5 Å². The van der Waals surface area contributed by atoms with Crippen molar-refractivity contribution in [3.63, 3.8) is 0 Å². The zero-order valence-electron chi connectivity index (χ0n) is 21.9. The van der Waals surface area contributed by atoms with Crippen molar-refractivity contribution in [2.75, 3.05) is 0 Å². The van der Waals surface area contributed by atoms with Gasteiger partial charge in [-0.15, -0.1) is 0 Å². The highest BCUT2D eigenvalue weighted by atomic mass is 19.4. The first-order valence-electron chi connectivity index (χ1n) is 12.8. The second kappa shape index (κ2) is 13.0. The molecule has 1 aliphatic carbocycles. The van der Waals surface area contributed by atoms with Crippen LogP contribution in [0.3, 0.4) is 0 Å². The van der Waals surface area contributed by atoms with Crippen LogP contribution in [0.25, 0.3) is 11.0 Å². The van der Waals surface area contributed by atoms with Gasteiger partial charge >= 0.3 is 6.18 Å². The number of fused-ring (bicyclic) bond motifs is 1. The lowest BCUT2D eigenvalue weighted by molar-refractivity contribution is -0.144. The highest BCUT2D eigenvalue weighted by Crippen LogP contribution is 2.32. The van der Waals surface area contributed by atoms with Crippen molar-refractivity contribution in [1.82, 2.24) is 30.4 Å². The third kappa shape index (κ3) is 9.63. The van der Waals surface area contributed by atoms with Crippen molar-refractivity contribution in [3.05, 3.63) is 47.5 Å². The molecular weight excluding hydrogens is 523 g/mol. The van der Waals surface area contributed by atoms with Crippen molar-refractivity contribution in [2.24, 2.45) is 0 Å². The van der Waals surface area contributed by atoms with Crippen LogP contribution in [0.1, 0.15) is 86.7 Å². The largest absolute Gasteiger partial charge is 0.389 e. The van der Waals surface area contributed by atoms with Crippen LogP contribution in [0.15, 0.2) is 30.5 Å². The van der Waals surface area contributed by atoms with Crippen LogP contribution in [-0.4, -0.2) is 43.7 Å². The van der Waals surface area contributed by atoms with Gasteiger partial charge in [0.15, 0.2) is 0 Å². The van der Waals surface area contributed by atoms with E-state index in [1.54, 1.807) is 35.1 Å². The van der Waals surface area contributed by atoms with Gasteiger partial charge in [-0.1, -0.05) is 12.5 Å². The number of aromatic amines is 1. The number of halogens is 5. The number of aromatic nitrogens is 4. The Morgan fingerprint density at radius 1 is 1.08 bits per heavy atom. The fourth-order valence-corrected chi connectivity index (χ4v) is 4.08. The number of hydrogen-bond acceptors (Lipinski definition) is 4. The molecule has 214 valence electrons. The van der Waals surface area contributed by atoms with Gasteiger partial charge in [0, 0.05) is 38.0 Å². The Labute approximate surface area is 222 Å². The zero-order chi connectivity index (χ0) is 28.6. The van der Waals surface area contributed by atoms with Gasteiger partial charge in [-0.3, -0.25) is 14.3 Å². The summed E-state index contributed by atoms with van der Waals surface area (Å²) >= 11 is 0. The summed E-state index contributed by atoms with van der Waals surface area (Å²) in [6.07, 6.45) is -1.87. The number of nitrogens with zero attached hydrogens (tertiary/aromatic N) is 3. The molecule has 2 heterocycles. The summed E-state index contributed by atoms with van der Waals surface area (Å²) in [5, 5.41) is 9.41. The van der Waals surface area contributed by atoms with Crippen LogP contribution in [0.2, 0.25) is 0 Å². The molecule has 0 bridgehead atoms. The molecular formula is C26H33F5N6O2. The average Bonchev–Trinajstić information content (AvgIpc) is 3.51. The third-order valence-electron chi connectivity index (χ3n) is 6.11. The summed E-state index contributed by atoms with van der Waals surface area (Å²) in [4.78, 5) is 31.5. The first-order chi connectivity index (χ1) is 18.3. The summed E-state index contributed by atoms with van der Waals surface area (Å²) in [5.74, 6) is -2.71. The second-order valence-corrected chi connectivity index (χ2v) is 9.78. The lowest BCUT2D eigenvalue weighted by atomic mass is 9.97. The number of rotatable bonds is 8. The SMILES string of the molecule is CC(C)n1nccc1C(=O)NCc1nc2ccc(CNC(=O)CCC(F)(F)F)cc2[nH]1.FC1(F)CCCCC1. The van der Waals surface area contributed by atoms with Crippen molar-refractivity contribution in [1.29, 1.82) is 0 Å². The van der Waals surface area contributed by atoms with Gasteiger partial charge in [0.25, 0.3) is 5.91 Å². The maximum atomic E-state index is 12.4. The summed E-state index contributed by atoms with van der Waals surface area (Å²) in [7, 11) is 0. The molecule has 2 aromatic heterocycles. The Morgan fingerprint density at radius 3 is 2.41 bits per heavy atom. The van der Waals surface area contributed by atoms with Gasteiger partial charge < -0.3 is 15.6 Å². The number of benzene rings is 1. The Hall–Kier alpha value is -3.51. The van der Waals surface area contributed by atoms with Gasteiger partial charge in [0.1, 0.15) is 11.5 Å². The smallest absolute Gasteiger partial charge is 0.352 e. The van der Waals surface area contributed by atoms with Crippen LogP contribution in [-0.2, 0) is 17.9 Å². The fourth-order valence-electron chi connectivity index (χ4n) is 4.08. The quantitative estimate of drug-likeness (QED) is 0.305. The van der Waals surface area contributed by atoms with E-state index in [2.05, 4.69) is 25.7 Å². The molecule has 13 heteroatoms. The highest BCUT2D eigenvalue weighted by Gasteiger charge is 2.30. The summed E-state index contributed by atoms with van der Waals surface area (Å²) < 4.78 is 62.6. The van der Waals surface area contributed by atoms with E-state index in [-0.39, 0.29) is 37.9 Å². The van der Waals surface area contributed by atoms with Gasteiger partial charge in [-0.2, -0.15) is 18.3 Å². The molecule has 8 nitrogen and oxygen atoms in total. The van der Waals surface area contributed by atoms with E-state index in [9.17, 15) is 31.5 Å². The molecule has 1 aromatic carbocycles. The minimum absolute atomic E-state index is 0.0503. The zero-order valence-corrected chi connectivity index (χ0v) is 21.9. The Morgan fingerprint density at radius 2 is 1.79 bits per heavy atom. The minimum Gasteiger partial charge on any atom is -0.352 e. The Balaban J connectivity index is 0.000000449. The van der Waals surface area contributed by atoms with Crippen LogP contribution in [0, 0.1) is 0 Å². The molecule has 0 spiro atoms. The molecule has 1 fully saturated rings. The molecule has 1 saturated carbocycles. The van der Waals surface area contributed by atoms with Gasteiger partial charge in [0.05, 0.1) is 24.0 Å². The lowest BCUT2D eigenvalue weighted by Gasteiger charge is -2.20. The molecule has 4 rings (SSSR count). The standard InChI is InChI=1S/C20H23F3N6O2.C6H10F2/c1-12(2)29-16(6-8-26-29)19(31)25-11-17-27-14-4-3-13(9-15(14)28-17)10-24-18(30)5-7-20(21,22)23;7-6(8)4-2-1-3-5-6/h3-4,6,8-9,12H,5,7,10-11H2,1-2H3,(H,24,30)(H,25,31)(H,27,28);1-5H2. The van der Waals surface area contributed by atoms with E-state index in [1.807, 2.05) is 13.8 Å². The maximum Gasteiger partial charge on any atom is 0.389 e. The molecule has 3 N–H and O–H groups in total. The van der Waals surface area contributed by atoms with Crippen LogP contribution >= 0.6 is 0 Å². The molecule has 1 aliphatic rings. The van der Waals surface area contributed by atoms with E-state index in [4.69, 9.17) is 0 Å². The first-order valence-corrected chi connectivity index (χ1v) is 12.8. The normalized spacial score (nSPS) is 15.1. The van der Waals surface area contributed by atoms with E-state index in [0.29, 0.717) is 41.0 Å². The summed E-state index contributed by atoms with van der Waals surface area (Å²) in [6, 6.07) is 6.92. The molecule has 2 amide bonds. The second-order valence-electron chi connectivity index (χ2n) is 9.78. The molecule has 0 atom stereocenters. The third-order valence-corrected chi connectivity index (χ3v) is 6.11. The van der Waals surface area contributed by atoms with Crippen molar-refractivity contribution >= 4 is 22.8 Å². The van der Waals surface area contributed by atoms with Crippen molar-refractivity contribution < 1.29 is 31.5 Å². The first kappa shape index (κ1) is 30.0. The molecule has 39 heavy (non-hydrogen) atoms. The Kier molecular flexibility index (Phi) is 10.0. The van der Waals surface area contributed by atoms with E-state index < -0.39 is 30.8 Å². The number of imidazole rings is 1. The average molecular weight is 557 g/mol. The van der Waals surface area contributed by atoms with Gasteiger partial charge in [0.2, 0.25) is 11.8 Å². The fraction of sp³-hybridized carbons (Fsp3) is 0.538. The maximum absolute atomic E-state index is 12.4. The monoisotopic (exact) mass is 556 g/mol. The number of hydrogen-bond donors (Lipinski definition) is 3. The molecule has 0 aliphatic heterocycles. The van der Waals surface area contributed by atoms with E-state index in [0.717, 1.165) is 6.42 Å². The predicted octanol–water partition coefficient (Wildman–Crippen LogP) is 5.81. The van der Waals surface area contributed by atoms with Crippen LogP contribution < -0.4 is 10.6 Å². The van der Waals surface area contributed by atoms with Crippen molar-refractivity contribution in [3.8, 4) is 0 Å². The number of H-pyrrole nitrogens is 1. The van der Waals surface area contributed by atoms with E-state index in [1.165, 1.54) is 0 Å². The number of carbonyl (C=O) groups excluding carboxylic acids is 2. The van der Waals surface area contributed by atoms with Crippen molar-refractivity contribution in [2.45, 2.75) is 90.0 Å². The van der Waals surface area contributed by atoms with E-state index >= 15 is 0 Å². The number of nitrogens with one attached hydrogen (secondary N) is 3. The minimum atomic E-state index is -4.35. The highest BCUT2D eigenvalue weighted by molar-refractivity contribution is 5.92.